The maximum atomic E-state index is 12.2. The maximum absolute atomic E-state index is 12.2. The van der Waals surface area contributed by atoms with Gasteiger partial charge in [0.15, 0.2) is 0 Å². The number of hydrogen-bond donors (Lipinski definition) is 3. The molecule has 0 saturated carbocycles. The van der Waals surface area contributed by atoms with Crippen LogP contribution < -0.4 is 11.1 Å². The topological polar surface area (TPSA) is 117 Å². The number of nitrogens with one attached hydrogen (secondary N) is 2. The van der Waals surface area contributed by atoms with Crippen LogP contribution in [0.2, 0.25) is 0 Å². The van der Waals surface area contributed by atoms with Crippen molar-refractivity contribution in [2.75, 3.05) is 12.4 Å². The number of urea groups is 1. The third-order valence-electron chi connectivity index (χ3n) is 2.60. The van der Waals surface area contributed by atoms with Crippen molar-refractivity contribution < 1.29 is 9.59 Å². The van der Waals surface area contributed by atoms with Gasteiger partial charge < -0.3 is 16.0 Å². The average Bonchev–Trinajstić information content (AvgIpc) is 2.91. The van der Waals surface area contributed by atoms with E-state index in [2.05, 4.69) is 20.5 Å². The van der Waals surface area contributed by atoms with Gasteiger partial charge in [0.25, 0.3) is 5.91 Å². The Hall–Kier alpha value is -2.90. The van der Waals surface area contributed by atoms with Crippen LogP contribution in [0, 0.1) is 0 Å². The van der Waals surface area contributed by atoms with Crippen LogP contribution in [-0.4, -0.2) is 39.1 Å². The van der Waals surface area contributed by atoms with Gasteiger partial charge in [-0.1, -0.05) is 0 Å². The Morgan fingerprint density at radius 2 is 2.05 bits per heavy atom. The van der Waals surface area contributed by atoms with Crippen LogP contribution in [0.15, 0.2) is 30.6 Å². The lowest BCUT2D eigenvalue weighted by Gasteiger charge is -2.15. The molecule has 2 rings (SSSR count). The van der Waals surface area contributed by atoms with Crippen LogP contribution in [0.25, 0.3) is 0 Å². The SMILES string of the molecule is CN(Cc1ncn[nH]1)C(=O)c1ccc(NC(N)=O)cc1. The second-order valence-corrected chi connectivity index (χ2v) is 4.16. The largest absolute Gasteiger partial charge is 0.351 e. The molecule has 104 valence electrons. The van der Waals surface area contributed by atoms with Crippen molar-refractivity contribution in [3.8, 4) is 0 Å². The van der Waals surface area contributed by atoms with Gasteiger partial charge in [0.05, 0.1) is 6.54 Å². The molecule has 8 heteroatoms. The third kappa shape index (κ3) is 3.31. The lowest BCUT2D eigenvalue weighted by molar-refractivity contribution is 0.0781. The summed E-state index contributed by atoms with van der Waals surface area (Å²) in [6.45, 7) is 0.333. The zero-order chi connectivity index (χ0) is 14.5. The summed E-state index contributed by atoms with van der Waals surface area (Å²) in [7, 11) is 1.67. The Kier molecular flexibility index (Phi) is 3.94. The maximum Gasteiger partial charge on any atom is 0.316 e. The molecule has 1 aromatic heterocycles. The molecule has 1 aromatic carbocycles. The van der Waals surface area contributed by atoms with Gasteiger partial charge in [-0.15, -0.1) is 0 Å². The van der Waals surface area contributed by atoms with Crippen LogP contribution in [0.3, 0.4) is 0 Å². The van der Waals surface area contributed by atoms with Crippen LogP contribution in [-0.2, 0) is 6.54 Å². The van der Waals surface area contributed by atoms with Crippen LogP contribution >= 0.6 is 0 Å². The molecule has 4 N–H and O–H groups in total. The predicted molar refractivity (Wildman–Crippen MR) is 71.8 cm³/mol. The lowest BCUT2D eigenvalue weighted by atomic mass is 10.2. The number of nitrogens with zero attached hydrogens (tertiary/aromatic N) is 3. The van der Waals surface area contributed by atoms with Crippen LogP contribution in [0.5, 0.6) is 0 Å². The van der Waals surface area contributed by atoms with Crippen molar-refractivity contribution >= 4 is 17.6 Å². The van der Waals surface area contributed by atoms with Gasteiger partial charge >= 0.3 is 6.03 Å². The molecule has 0 aliphatic carbocycles. The molecule has 0 aliphatic heterocycles. The van der Waals surface area contributed by atoms with E-state index in [0.29, 0.717) is 23.6 Å². The van der Waals surface area contributed by atoms with Crippen LogP contribution in [0.4, 0.5) is 10.5 Å². The second-order valence-electron chi connectivity index (χ2n) is 4.16. The van der Waals surface area contributed by atoms with Gasteiger partial charge in [0.2, 0.25) is 0 Å². The van der Waals surface area contributed by atoms with Gasteiger partial charge in [-0.05, 0) is 24.3 Å². The van der Waals surface area contributed by atoms with Crippen molar-refractivity contribution in [1.82, 2.24) is 20.1 Å². The molecule has 0 atom stereocenters. The van der Waals surface area contributed by atoms with Crippen LogP contribution in [0.1, 0.15) is 16.2 Å². The summed E-state index contributed by atoms with van der Waals surface area (Å²) in [6.07, 6.45) is 1.39. The number of rotatable bonds is 4. The zero-order valence-corrected chi connectivity index (χ0v) is 10.8. The fourth-order valence-corrected chi connectivity index (χ4v) is 1.66. The smallest absolute Gasteiger partial charge is 0.316 e. The Bertz CT molecular complexity index is 593. The number of H-pyrrole nitrogens is 1. The fraction of sp³-hybridized carbons (Fsp3) is 0.167. The Morgan fingerprint density at radius 3 is 2.60 bits per heavy atom. The molecule has 8 nitrogen and oxygen atoms in total. The molecule has 1 heterocycles. The van der Waals surface area contributed by atoms with E-state index in [0.717, 1.165) is 0 Å². The number of carbonyl (C=O) groups is 2. The number of carbonyl (C=O) groups excluding carboxylic acids is 2. The average molecular weight is 274 g/mol. The summed E-state index contributed by atoms with van der Waals surface area (Å²) < 4.78 is 0. The molecule has 0 unspecified atom stereocenters. The number of anilines is 1. The van der Waals surface area contributed by atoms with Gasteiger partial charge in [0.1, 0.15) is 12.2 Å². The number of amides is 3. The van der Waals surface area contributed by atoms with E-state index in [4.69, 9.17) is 5.73 Å². The standard InChI is InChI=1S/C12H14N6O2/c1-18(6-10-14-7-15-17-10)11(19)8-2-4-9(5-3-8)16-12(13)20/h2-5,7H,6H2,1H3,(H3,13,16,20)(H,14,15,17). The van der Waals surface area contributed by atoms with Gasteiger partial charge in [-0.25, -0.2) is 9.78 Å². The van der Waals surface area contributed by atoms with E-state index in [1.54, 1.807) is 31.3 Å². The van der Waals surface area contributed by atoms with E-state index < -0.39 is 6.03 Å². The van der Waals surface area contributed by atoms with Gasteiger partial charge in [-0.2, -0.15) is 5.10 Å². The highest BCUT2D eigenvalue weighted by Crippen LogP contribution is 2.11. The first-order valence-corrected chi connectivity index (χ1v) is 5.82. The quantitative estimate of drug-likeness (QED) is 0.755. The number of benzene rings is 1. The van der Waals surface area contributed by atoms with Gasteiger partial charge in [0, 0.05) is 18.3 Å². The van der Waals surface area contributed by atoms with Crippen molar-refractivity contribution in [2.24, 2.45) is 5.73 Å². The number of hydrogen-bond acceptors (Lipinski definition) is 4. The molecule has 0 bridgehead atoms. The molecule has 0 aliphatic rings. The van der Waals surface area contributed by atoms with Crippen molar-refractivity contribution in [2.45, 2.75) is 6.54 Å². The van der Waals surface area contributed by atoms with E-state index in [1.165, 1.54) is 11.2 Å². The minimum atomic E-state index is -0.647. The Labute approximate surface area is 115 Å². The summed E-state index contributed by atoms with van der Waals surface area (Å²) in [6, 6.07) is 5.81. The molecule has 0 spiro atoms. The van der Waals surface area contributed by atoms with Crippen molar-refractivity contribution in [3.63, 3.8) is 0 Å². The molecular formula is C12H14N6O2. The van der Waals surface area contributed by atoms with Crippen molar-refractivity contribution in [3.05, 3.63) is 42.0 Å². The molecule has 0 radical (unpaired) electrons. The minimum absolute atomic E-state index is 0.160. The number of aromatic nitrogens is 3. The number of aromatic amines is 1. The highest BCUT2D eigenvalue weighted by atomic mass is 16.2. The molecule has 3 amide bonds. The minimum Gasteiger partial charge on any atom is -0.351 e. The van der Waals surface area contributed by atoms with Gasteiger partial charge in [-0.3, -0.25) is 9.89 Å². The fourth-order valence-electron chi connectivity index (χ4n) is 1.66. The summed E-state index contributed by atoms with van der Waals surface area (Å²) in [5.74, 6) is 0.444. The van der Waals surface area contributed by atoms with Crippen molar-refractivity contribution in [1.29, 1.82) is 0 Å². The number of primary amides is 1. The first kappa shape index (κ1) is 13.5. The van der Waals surface area contributed by atoms with E-state index in [9.17, 15) is 9.59 Å². The molecule has 20 heavy (non-hydrogen) atoms. The Balaban J connectivity index is 2.03. The molecule has 0 fully saturated rings. The number of nitrogens with two attached hydrogens (primary N) is 1. The monoisotopic (exact) mass is 274 g/mol. The molecule has 0 saturated heterocycles. The predicted octanol–water partition coefficient (Wildman–Crippen LogP) is 0.567. The van der Waals surface area contributed by atoms with E-state index >= 15 is 0 Å². The third-order valence-corrected chi connectivity index (χ3v) is 2.60. The Morgan fingerprint density at radius 1 is 1.35 bits per heavy atom. The summed E-state index contributed by atoms with van der Waals surface area (Å²) >= 11 is 0. The lowest BCUT2D eigenvalue weighted by Crippen LogP contribution is -2.26. The van der Waals surface area contributed by atoms with E-state index in [1.807, 2.05) is 0 Å². The zero-order valence-electron chi connectivity index (χ0n) is 10.8. The molecule has 2 aromatic rings. The summed E-state index contributed by atoms with van der Waals surface area (Å²) in [5, 5.41) is 8.84. The molecular weight excluding hydrogens is 260 g/mol. The highest BCUT2D eigenvalue weighted by molar-refractivity contribution is 5.95. The van der Waals surface area contributed by atoms with E-state index in [-0.39, 0.29) is 5.91 Å². The first-order chi connectivity index (χ1) is 9.56. The summed E-state index contributed by atoms with van der Waals surface area (Å²) in [4.78, 5) is 28.3. The highest BCUT2D eigenvalue weighted by Gasteiger charge is 2.13. The summed E-state index contributed by atoms with van der Waals surface area (Å²) in [5.41, 5.74) is 6.04. The second kappa shape index (κ2) is 5.83. The first-order valence-electron chi connectivity index (χ1n) is 5.82. The normalized spacial score (nSPS) is 10.1.